The van der Waals surface area contributed by atoms with Crippen molar-refractivity contribution in [3.8, 4) is 0 Å². The fourth-order valence-corrected chi connectivity index (χ4v) is 2.14. The van der Waals surface area contributed by atoms with Crippen molar-refractivity contribution in [2.45, 2.75) is 19.9 Å². The number of thiazole rings is 1. The molecule has 0 atom stereocenters. The van der Waals surface area contributed by atoms with E-state index in [2.05, 4.69) is 23.9 Å². The molecule has 0 unspecified atom stereocenters. The predicted molar refractivity (Wildman–Crippen MR) is 53.7 cm³/mol. The zero-order valence-corrected chi connectivity index (χ0v) is 8.95. The number of rotatable bonds is 4. The topological polar surface area (TPSA) is 16.1 Å². The van der Waals surface area contributed by atoms with Crippen LogP contribution in [0.5, 0.6) is 0 Å². The lowest BCUT2D eigenvalue weighted by Gasteiger charge is -2.12. The van der Waals surface area contributed by atoms with Crippen molar-refractivity contribution < 1.29 is 0 Å². The molecule has 12 heavy (non-hydrogen) atoms. The molecule has 0 saturated heterocycles. The average Bonchev–Trinajstić information content (AvgIpc) is 2.36. The number of halogens is 1. The van der Waals surface area contributed by atoms with Gasteiger partial charge in [-0.1, -0.05) is 18.5 Å². The average molecular weight is 205 g/mol. The summed E-state index contributed by atoms with van der Waals surface area (Å²) in [6, 6.07) is 0. The summed E-state index contributed by atoms with van der Waals surface area (Å²) in [5.74, 6) is 0. The third-order valence-electron chi connectivity index (χ3n) is 1.56. The van der Waals surface area contributed by atoms with Crippen LogP contribution in [0.1, 0.15) is 18.2 Å². The van der Waals surface area contributed by atoms with Gasteiger partial charge in [0.25, 0.3) is 0 Å². The molecule has 0 aliphatic carbocycles. The zero-order chi connectivity index (χ0) is 8.97. The summed E-state index contributed by atoms with van der Waals surface area (Å²) >= 11 is 7.26. The Kier molecular flexibility index (Phi) is 3.98. The maximum atomic E-state index is 5.71. The lowest BCUT2D eigenvalue weighted by Crippen LogP contribution is -2.17. The van der Waals surface area contributed by atoms with E-state index in [1.807, 2.05) is 6.20 Å². The summed E-state index contributed by atoms with van der Waals surface area (Å²) < 4.78 is 0.634. The molecule has 0 spiro atoms. The van der Waals surface area contributed by atoms with E-state index in [4.69, 9.17) is 11.6 Å². The molecule has 1 aromatic rings. The van der Waals surface area contributed by atoms with Gasteiger partial charge in [-0.3, -0.25) is 0 Å². The first-order chi connectivity index (χ1) is 5.72. The summed E-state index contributed by atoms with van der Waals surface area (Å²) in [5.41, 5.74) is 0. The van der Waals surface area contributed by atoms with Crippen LogP contribution in [0.4, 0.5) is 0 Å². The molecule has 0 amide bonds. The quantitative estimate of drug-likeness (QED) is 0.750. The fourth-order valence-electron chi connectivity index (χ4n) is 1.08. The van der Waals surface area contributed by atoms with E-state index in [1.54, 1.807) is 11.3 Å². The lowest BCUT2D eigenvalue weighted by atomic mass is 10.4. The second-order valence-electron chi connectivity index (χ2n) is 2.82. The minimum atomic E-state index is 0.634. The Balaban J connectivity index is 2.41. The van der Waals surface area contributed by atoms with Crippen LogP contribution < -0.4 is 0 Å². The number of aromatic nitrogens is 1. The molecule has 1 rings (SSSR count). The highest BCUT2D eigenvalue weighted by Crippen LogP contribution is 2.18. The van der Waals surface area contributed by atoms with Crippen molar-refractivity contribution >= 4 is 22.9 Å². The molecule has 1 aromatic heterocycles. The SMILES string of the molecule is CCCN(C)Cc1cnc(Cl)s1. The van der Waals surface area contributed by atoms with Crippen molar-refractivity contribution in [3.63, 3.8) is 0 Å². The van der Waals surface area contributed by atoms with Crippen LogP contribution in [0.25, 0.3) is 0 Å². The Labute approximate surface area is 82.2 Å². The molecule has 0 aliphatic heterocycles. The van der Waals surface area contributed by atoms with Gasteiger partial charge in [-0.15, -0.1) is 11.3 Å². The van der Waals surface area contributed by atoms with Gasteiger partial charge in [0.05, 0.1) is 0 Å². The Morgan fingerprint density at radius 1 is 1.67 bits per heavy atom. The molecule has 0 N–H and O–H groups in total. The highest BCUT2D eigenvalue weighted by molar-refractivity contribution is 7.15. The first-order valence-electron chi connectivity index (χ1n) is 4.01. The molecule has 2 nitrogen and oxygen atoms in total. The number of nitrogens with zero attached hydrogens (tertiary/aromatic N) is 2. The van der Waals surface area contributed by atoms with Crippen LogP contribution in [0.2, 0.25) is 4.47 Å². The van der Waals surface area contributed by atoms with Crippen LogP contribution in [-0.4, -0.2) is 23.5 Å². The van der Waals surface area contributed by atoms with Crippen LogP contribution in [0, 0.1) is 0 Å². The van der Waals surface area contributed by atoms with Crippen molar-refractivity contribution in [1.29, 1.82) is 0 Å². The summed E-state index contributed by atoms with van der Waals surface area (Å²) in [6.07, 6.45) is 3.03. The van der Waals surface area contributed by atoms with Gasteiger partial charge in [-0.2, -0.15) is 0 Å². The smallest absolute Gasteiger partial charge is 0.183 e. The van der Waals surface area contributed by atoms with Gasteiger partial charge < -0.3 is 4.90 Å². The zero-order valence-electron chi connectivity index (χ0n) is 7.38. The predicted octanol–water partition coefficient (Wildman–Crippen LogP) is 2.64. The maximum Gasteiger partial charge on any atom is 0.183 e. The fraction of sp³-hybridized carbons (Fsp3) is 0.625. The van der Waals surface area contributed by atoms with Crippen molar-refractivity contribution in [2.24, 2.45) is 0 Å². The van der Waals surface area contributed by atoms with Gasteiger partial charge in [0.1, 0.15) is 0 Å². The van der Waals surface area contributed by atoms with Crippen LogP contribution in [0.15, 0.2) is 6.20 Å². The van der Waals surface area contributed by atoms with Gasteiger partial charge in [-0.05, 0) is 20.0 Å². The Bertz CT molecular complexity index is 237. The first kappa shape index (κ1) is 9.96. The minimum Gasteiger partial charge on any atom is -0.301 e. The molecule has 4 heteroatoms. The highest BCUT2D eigenvalue weighted by Gasteiger charge is 2.02. The minimum absolute atomic E-state index is 0.634. The summed E-state index contributed by atoms with van der Waals surface area (Å²) in [4.78, 5) is 7.49. The molecule has 0 aliphatic rings. The Morgan fingerprint density at radius 2 is 2.42 bits per heavy atom. The highest BCUT2D eigenvalue weighted by atomic mass is 35.5. The van der Waals surface area contributed by atoms with Crippen LogP contribution >= 0.6 is 22.9 Å². The van der Waals surface area contributed by atoms with E-state index < -0.39 is 0 Å². The molecular weight excluding hydrogens is 192 g/mol. The summed E-state index contributed by atoms with van der Waals surface area (Å²) in [6.45, 7) is 4.25. The molecule has 0 saturated carbocycles. The molecule has 1 heterocycles. The Morgan fingerprint density at radius 3 is 2.92 bits per heavy atom. The molecular formula is C8H13ClN2S. The lowest BCUT2D eigenvalue weighted by molar-refractivity contribution is 0.330. The second-order valence-corrected chi connectivity index (χ2v) is 4.51. The largest absolute Gasteiger partial charge is 0.301 e. The van der Waals surface area contributed by atoms with Crippen molar-refractivity contribution in [3.05, 3.63) is 15.5 Å². The monoisotopic (exact) mass is 204 g/mol. The summed E-state index contributed by atoms with van der Waals surface area (Å²) in [5, 5.41) is 0. The van der Waals surface area contributed by atoms with Gasteiger partial charge in [-0.25, -0.2) is 4.98 Å². The van der Waals surface area contributed by atoms with E-state index in [-0.39, 0.29) is 0 Å². The van der Waals surface area contributed by atoms with Crippen molar-refractivity contribution in [1.82, 2.24) is 9.88 Å². The van der Waals surface area contributed by atoms with Gasteiger partial charge in [0, 0.05) is 17.6 Å². The van der Waals surface area contributed by atoms with Crippen LogP contribution in [-0.2, 0) is 6.54 Å². The normalized spacial score (nSPS) is 11.0. The number of hydrogen-bond acceptors (Lipinski definition) is 3. The third kappa shape index (κ3) is 3.09. The van der Waals surface area contributed by atoms with E-state index in [0.29, 0.717) is 4.47 Å². The van der Waals surface area contributed by atoms with E-state index in [9.17, 15) is 0 Å². The third-order valence-corrected chi connectivity index (χ3v) is 2.66. The van der Waals surface area contributed by atoms with E-state index >= 15 is 0 Å². The van der Waals surface area contributed by atoms with E-state index in [1.165, 1.54) is 11.3 Å². The summed E-state index contributed by atoms with van der Waals surface area (Å²) in [7, 11) is 2.11. The standard InChI is InChI=1S/C8H13ClN2S/c1-3-4-11(2)6-7-5-10-8(9)12-7/h5H,3-4,6H2,1-2H3. The van der Waals surface area contributed by atoms with Gasteiger partial charge in [0.2, 0.25) is 0 Å². The molecule has 0 bridgehead atoms. The number of hydrogen-bond donors (Lipinski definition) is 0. The molecule has 0 aromatic carbocycles. The molecule has 0 fully saturated rings. The van der Waals surface area contributed by atoms with Crippen molar-refractivity contribution in [2.75, 3.05) is 13.6 Å². The van der Waals surface area contributed by atoms with E-state index in [0.717, 1.165) is 13.1 Å². The maximum absolute atomic E-state index is 5.71. The van der Waals surface area contributed by atoms with Gasteiger partial charge in [0.15, 0.2) is 4.47 Å². The molecule has 0 radical (unpaired) electrons. The molecule has 68 valence electrons. The van der Waals surface area contributed by atoms with Crippen LogP contribution in [0.3, 0.4) is 0 Å². The Hall–Kier alpha value is -0.120. The second kappa shape index (κ2) is 4.80. The van der Waals surface area contributed by atoms with Gasteiger partial charge >= 0.3 is 0 Å². The first-order valence-corrected chi connectivity index (χ1v) is 5.20.